The molecule has 0 aliphatic carbocycles. The average Bonchev–Trinajstić information content (AvgIpc) is 2.92. The fraction of sp³-hybridized carbons (Fsp3) is 0.0714. The molecular weight excluding hydrogens is 282 g/mol. The molecule has 2 rings (SSSR count). The molecule has 0 radical (unpaired) electrons. The number of aliphatic hydroxyl groups is 1. The zero-order valence-corrected chi connectivity index (χ0v) is 11.4. The minimum atomic E-state index is -0.236. The number of carbonyl (C=O) groups is 1. The largest absolute Gasteiger partial charge is 0.384 e. The standard InChI is InChI=1S/C14H10ClNO2S/c15-12-4-3-10(2-1-6-17)13(8-12)16-14(18)11-5-7-19-9-11/h3-5,7-9,17H,6H2,(H,16,18). The monoisotopic (exact) mass is 291 g/mol. The number of hydrogen-bond acceptors (Lipinski definition) is 3. The van der Waals surface area contributed by atoms with Gasteiger partial charge in [-0.2, -0.15) is 11.3 Å². The summed E-state index contributed by atoms with van der Waals surface area (Å²) in [6, 6.07) is 6.76. The summed E-state index contributed by atoms with van der Waals surface area (Å²) < 4.78 is 0. The maximum Gasteiger partial charge on any atom is 0.256 e. The van der Waals surface area contributed by atoms with Gasteiger partial charge in [0.15, 0.2) is 0 Å². The molecule has 1 heterocycles. The van der Waals surface area contributed by atoms with Gasteiger partial charge in [-0.3, -0.25) is 4.79 Å². The van der Waals surface area contributed by atoms with Gasteiger partial charge in [0.2, 0.25) is 0 Å². The van der Waals surface area contributed by atoms with E-state index in [-0.39, 0.29) is 12.5 Å². The molecule has 5 heteroatoms. The smallest absolute Gasteiger partial charge is 0.256 e. The van der Waals surface area contributed by atoms with Crippen molar-refractivity contribution in [2.24, 2.45) is 0 Å². The molecule has 3 nitrogen and oxygen atoms in total. The van der Waals surface area contributed by atoms with Crippen LogP contribution in [0, 0.1) is 11.8 Å². The molecule has 0 spiro atoms. The Balaban J connectivity index is 2.28. The number of amides is 1. The molecule has 0 aliphatic rings. The lowest BCUT2D eigenvalue weighted by atomic mass is 10.1. The lowest BCUT2D eigenvalue weighted by molar-refractivity contribution is 0.102. The predicted octanol–water partition coefficient (Wildman–Crippen LogP) is 3.00. The second-order valence-corrected chi connectivity index (χ2v) is 4.83. The van der Waals surface area contributed by atoms with Crippen LogP contribution in [0.1, 0.15) is 15.9 Å². The quantitative estimate of drug-likeness (QED) is 0.836. The Kier molecular flexibility index (Phi) is 4.58. The van der Waals surface area contributed by atoms with E-state index >= 15 is 0 Å². The Labute approximate surface area is 119 Å². The van der Waals surface area contributed by atoms with Gasteiger partial charge in [0.05, 0.1) is 11.3 Å². The summed E-state index contributed by atoms with van der Waals surface area (Å²) >= 11 is 7.36. The maximum atomic E-state index is 12.0. The molecule has 0 fully saturated rings. The fourth-order valence-corrected chi connectivity index (χ4v) is 2.26. The van der Waals surface area contributed by atoms with Crippen LogP contribution in [0.15, 0.2) is 35.0 Å². The van der Waals surface area contributed by atoms with Crippen molar-refractivity contribution in [3.8, 4) is 11.8 Å². The Bertz CT molecular complexity index is 641. The number of rotatable bonds is 2. The SMILES string of the molecule is O=C(Nc1cc(Cl)ccc1C#CCO)c1ccsc1. The van der Waals surface area contributed by atoms with Gasteiger partial charge < -0.3 is 10.4 Å². The average molecular weight is 292 g/mol. The number of nitrogens with one attached hydrogen (secondary N) is 1. The second kappa shape index (κ2) is 6.39. The van der Waals surface area contributed by atoms with E-state index in [0.717, 1.165) is 0 Å². The molecule has 0 bridgehead atoms. The van der Waals surface area contributed by atoms with Gasteiger partial charge in [-0.15, -0.1) is 0 Å². The summed E-state index contributed by atoms with van der Waals surface area (Å²) in [5.74, 6) is 5.10. The molecule has 19 heavy (non-hydrogen) atoms. The molecule has 0 unspecified atom stereocenters. The van der Waals surface area contributed by atoms with Crippen LogP contribution in [-0.2, 0) is 0 Å². The highest BCUT2D eigenvalue weighted by Gasteiger charge is 2.09. The van der Waals surface area contributed by atoms with E-state index in [2.05, 4.69) is 17.2 Å². The molecule has 96 valence electrons. The van der Waals surface area contributed by atoms with Crippen LogP contribution in [0.25, 0.3) is 0 Å². The highest BCUT2D eigenvalue weighted by Crippen LogP contribution is 2.21. The van der Waals surface area contributed by atoms with Crippen LogP contribution in [-0.4, -0.2) is 17.6 Å². The number of carbonyl (C=O) groups excluding carboxylic acids is 1. The first-order valence-electron chi connectivity index (χ1n) is 5.43. The Morgan fingerprint density at radius 3 is 2.95 bits per heavy atom. The first-order valence-corrected chi connectivity index (χ1v) is 6.75. The van der Waals surface area contributed by atoms with E-state index in [9.17, 15) is 4.79 Å². The van der Waals surface area contributed by atoms with Crippen LogP contribution in [0.2, 0.25) is 5.02 Å². The van der Waals surface area contributed by atoms with Crippen molar-refractivity contribution >= 4 is 34.5 Å². The van der Waals surface area contributed by atoms with E-state index in [1.54, 1.807) is 29.6 Å². The summed E-state index contributed by atoms with van der Waals surface area (Å²) in [6.07, 6.45) is 0. The van der Waals surface area contributed by atoms with Crippen molar-refractivity contribution < 1.29 is 9.90 Å². The first-order chi connectivity index (χ1) is 9.20. The Hall–Kier alpha value is -1.80. The van der Waals surface area contributed by atoms with Gasteiger partial charge >= 0.3 is 0 Å². The molecule has 1 aromatic carbocycles. The Morgan fingerprint density at radius 1 is 1.42 bits per heavy atom. The van der Waals surface area contributed by atoms with Gasteiger partial charge in [0.1, 0.15) is 6.61 Å². The summed E-state index contributed by atoms with van der Waals surface area (Å²) in [7, 11) is 0. The van der Waals surface area contributed by atoms with E-state index in [4.69, 9.17) is 16.7 Å². The van der Waals surface area contributed by atoms with Gasteiger partial charge in [0.25, 0.3) is 5.91 Å². The summed E-state index contributed by atoms with van der Waals surface area (Å²) in [6.45, 7) is -0.236. The van der Waals surface area contributed by atoms with Crippen molar-refractivity contribution in [1.82, 2.24) is 0 Å². The van der Waals surface area contributed by atoms with Crippen molar-refractivity contribution in [1.29, 1.82) is 0 Å². The summed E-state index contributed by atoms with van der Waals surface area (Å²) in [5, 5.41) is 15.6. The molecule has 2 N–H and O–H groups in total. The van der Waals surface area contributed by atoms with Crippen LogP contribution >= 0.6 is 22.9 Å². The highest BCUT2D eigenvalue weighted by atomic mass is 35.5. The third kappa shape index (κ3) is 3.58. The third-order valence-electron chi connectivity index (χ3n) is 2.32. The van der Waals surface area contributed by atoms with E-state index in [0.29, 0.717) is 21.8 Å². The number of aliphatic hydroxyl groups excluding tert-OH is 1. The third-order valence-corrected chi connectivity index (χ3v) is 3.23. The van der Waals surface area contributed by atoms with Gasteiger partial charge in [-0.1, -0.05) is 23.4 Å². The van der Waals surface area contributed by atoms with Crippen molar-refractivity contribution in [2.75, 3.05) is 11.9 Å². The number of anilines is 1. The first kappa shape index (κ1) is 13.6. The summed E-state index contributed by atoms with van der Waals surface area (Å²) in [5.41, 5.74) is 1.73. The van der Waals surface area contributed by atoms with Gasteiger partial charge in [0, 0.05) is 16.0 Å². The van der Waals surface area contributed by atoms with Crippen molar-refractivity contribution in [3.05, 3.63) is 51.2 Å². The van der Waals surface area contributed by atoms with Crippen LogP contribution < -0.4 is 5.32 Å². The molecular formula is C14H10ClNO2S. The molecule has 1 amide bonds. The van der Waals surface area contributed by atoms with Crippen molar-refractivity contribution in [2.45, 2.75) is 0 Å². The number of hydrogen-bond donors (Lipinski definition) is 2. The Morgan fingerprint density at radius 2 is 2.26 bits per heavy atom. The normalized spacial score (nSPS) is 9.58. The van der Waals surface area contributed by atoms with E-state index in [1.807, 2.05) is 5.38 Å². The van der Waals surface area contributed by atoms with Gasteiger partial charge in [-0.25, -0.2) is 0 Å². The molecule has 1 aromatic heterocycles. The van der Waals surface area contributed by atoms with E-state index < -0.39 is 0 Å². The zero-order chi connectivity index (χ0) is 13.7. The number of halogens is 1. The molecule has 0 saturated heterocycles. The molecule has 0 saturated carbocycles. The minimum absolute atomic E-state index is 0.212. The maximum absolute atomic E-state index is 12.0. The zero-order valence-electron chi connectivity index (χ0n) is 9.81. The molecule has 0 aliphatic heterocycles. The number of thiophene rings is 1. The lowest BCUT2D eigenvalue weighted by Crippen LogP contribution is -2.11. The van der Waals surface area contributed by atoms with Gasteiger partial charge in [-0.05, 0) is 29.6 Å². The van der Waals surface area contributed by atoms with Crippen LogP contribution in [0.4, 0.5) is 5.69 Å². The van der Waals surface area contributed by atoms with Crippen LogP contribution in [0.5, 0.6) is 0 Å². The highest BCUT2D eigenvalue weighted by molar-refractivity contribution is 7.08. The minimum Gasteiger partial charge on any atom is -0.384 e. The molecule has 0 atom stereocenters. The number of benzene rings is 1. The van der Waals surface area contributed by atoms with Crippen LogP contribution in [0.3, 0.4) is 0 Å². The lowest BCUT2D eigenvalue weighted by Gasteiger charge is -2.07. The van der Waals surface area contributed by atoms with Crippen molar-refractivity contribution in [3.63, 3.8) is 0 Å². The van der Waals surface area contributed by atoms with E-state index in [1.165, 1.54) is 11.3 Å². The summed E-state index contributed by atoms with van der Waals surface area (Å²) in [4.78, 5) is 12.0. The fourth-order valence-electron chi connectivity index (χ4n) is 1.45. The molecule has 2 aromatic rings. The predicted molar refractivity (Wildman–Crippen MR) is 77.7 cm³/mol. The topological polar surface area (TPSA) is 49.3 Å². The second-order valence-electron chi connectivity index (χ2n) is 3.62.